The molecule has 0 fully saturated rings. The van der Waals surface area contributed by atoms with Crippen LogP contribution in [-0.2, 0) is 0 Å². The van der Waals surface area contributed by atoms with Gasteiger partial charge in [-0.3, -0.25) is 0 Å². The van der Waals surface area contributed by atoms with E-state index in [2.05, 4.69) is 68.2 Å². The summed E-state index contributed by atoms with van der Waals surface area (Å²) in [6, 6.07) is 19.2. The Morgan fingerprint density at radius 2 is 1.33 bits per heavy atom. The zero-order valence-corrected chi connectivity index (χ0v) is 9.27. The Kier molecular flexibility index (Phi) is 2.91. The summed E-state index contributed by atoms with van der Waals surface area (Å²) < 4.78 is 0. The van der Waals surface area contributed by atoms with Crippen molar-refractivity contribution >= 4 is 12.2 Å². The molecular formula is C14H15B. The first-order valence-electron chi connectivity index (χ1n) is 5.43. The van der Waals surface area contributed by atoms with Crippen LogP contribution in [0.4, 0.5) is 0 Å². The number of hydrogen-bond donors (Lipinski definition) is 0. The van der Waals surface area contributed by atoms with Crippen LogP contribution in [-0.4, -0.2) is 6.71 Å². The van der Waals surface area contributed by atoms with Gasteiger partial charge in [-0.2, -0.15) is 0 Å². The fourth-order valence-electron chi connectivity index (χ4n) is 1.88. The Morgan fingerprint density at radius 1 is 0.733 bits per heavy atom. The minimum Gasteiger partial charge on any atom is -0.0819 e. The van der Waals surface area contributed by atoms with Crippen molar-refractivity contribution in [2.45, 2.75) is 13.6 Å². The minimum atomic E-state index is 0.571. The summed E-state index contributed by atoms with van der Waals surface area (Å²) >= 11 is 0. The Labute approximate surface area is 92.0 Å². The molecule has 0 heterocycles. The molecule has 0 aromatic heterocycles. The van der Waals surface area contributed by atoms with E-state index >= 15 is 0 Å². The van der Waals surface area contributed by atoms with Crippen molar-refractivity contribution < 1.29 is 0 Å². The van der Waals surface area contributed by atoms with E-state index in [1.54, 1.807) is 0 Å². The molecule has 0 unspecified atom stereocenters. The largest absolute Gasteiger partial charge is 0.170 e. The van der Waals surface area contributed by atoms with Gasteiger partial charge in [0, 0.05) is 0 Å². The third-order valence-electron chi connectivity index (χ3n) is 2.67. The molecule has 0 atom stereocenters. The van der Waals surface area contributed by atoms with E-state index in [1.807, 2.05) is 0 Å². The third kappa shape index (κ3) is 2.12. The van der Waals surface area contributed by atoms with Crippen molar-refractivity contribution in [2.75, 3.05) is 0 Å². The van der Waals surface area contributed by atoms with Crippen LogP contribution in [0.15, 0.2) is 54.6 Å². The Hall–Kier alpha value is -1.50. The number of hydrogen-bond acceptors (Lipinski definition) is 0. The van der Waals surface area contributed by atoms with Gasteiger partial charge in [0.25, 0.3) is 0 Å². The minimum absolute atomic E-state index is 0.571. The number of rotatable bonds is 2. The topological polar surface area (TPSA) is 0 Å². The van der Waals surface area contributed by atoms with Gasteiger partial charge in [0.1, 0.15) is 0 Å². The van der Waals surface area contributed by atoms with Gasteiger partial charge in [-0.05, 0) is 11.1 Å². The SMILES string of the molecule is CB(C)c1ccccc1-c1ccccc1. The van der Waals surface area contributed by atoms with Gasteiger partial charge in [0.15, 0.2) is 6.71 Å². The van der Waals surface area contributed by atoms with E-state index < -0.39 is 0 Å². The lowest BCUT2D eigenvalue weighted by molar-refractivity contribution is 1.64. The maximum Gasteiger partial charge on any atom is 0.170 e. The smallest absolute Gasteiger partial charge is 0.0819 e. The molecule has 2 rings (SSSR count). The van der Waals surface area contributed by atoms with Crippen LogP contribution < -0.4 is 5.46 Å². The van der Waals surface area contributed by atoms with Crippen LogP contribution in [0.1, 0.15) is 0 Å². The van der Waals surface area contributed by atoms with Crippen molar-refractivity contribution in [1.29, 1.82) is 0 Å². The second-order valence-electron chi connectivity index (χ2n) is 4.11. The van der Waals surface area contributed by atoms with E-state index in [1.165, 1.54) is 16.6 Å². The molecule has 0 amide bonds. The Bertz CT molecular complexity index is 432. The van der Waals surface area contributed by atoms with E-state index in [-0.39, 0.29) is 0 Å². The van der Waals surface area contributed by atoms with Crippen molar-refractivity contribution in [3.8, 4) is 11.1 Å². The average molecular weight is 194 g/mol. The first-order chi connectivity index (χ1) is 7.29. The molecule has 0 aliphatic rings. The van der Waals surface area contributed by atoms with Gasteiger partial charge in [-0.1, -0.05) is 73.7 Å². The fourth-order valence-corrected chi connectivity index (χ4v) is 1.88. The standard InChI is InChI=1S/C14H15B/c1-15(2)14-11-7-6-10-13(14)12-8-4-3-5-9-12/h3-11H,1-2H3. The Balaban J connectivity index is 2.53. The molecule has 2 aromatic carbocycles. The zero-order chi connectivity index (χ0) is 10.7. The highest BCUT2D eigenvalue weighted by Crippen LogP contribution is 2.16. The predicted molar refractivity (Wildman–Crippen MR) is 69.0 cm³/mol. The summed E-state index contributed by atoms with van der Waals surface area (Å²) in [5.74, 6) is 0. The van der Waals surface area contributed by atoms with Crippen LogP contribution in [0.2, 0.25) is 13.6 Å². The van der Waals surface area contributed by atoms with E-state index in [4.69, 9.17) is 0 Å². The Morgan fingerprint density at radius 3 is 2.00 bits per heavy atom. The molecule has 15 heavy (non-hydrogen) atoms. The molecule has 0 N–H and O–H groups in total. The van der Waals surface area contributed by atoms with Gasteiger partial charge in [0.2, 0.25) is 0 Å². The monoisotopic (exact) mass is 194 g/mol. The lowest BCUT2D eigenvalue weighted by Gasteiger charge is -2.10. The quantitative estimate of drug-likeness (QED) is 0.643. The molecule has 0 saturated heterocycles. The fraction of sp³-hybridized carbons (Fsp3) is 0.143. The highest BCUT2D eigenvalue weighted by atomic mass is 14.0. The third-order valence-corrected chi connectivity index (χ3v) is 2.67. The lowest BCUT2D eigenvalue weighted by Crippen LogP contribution is -2.24. The van der Waals surface area contributed by atoms with Crippen LogP contribution >= 0.6 is 0 Å². The molecular weight excluding hydrogens is 179 g/mol. The number of benzene rings is 2. The average Bonchev–Trinajstić information content (AvgIpc) is 2.30. The van der Waals surface area contributed by atoms with Crippen LogP contribution in [0.5, 0.6) is 0 Å². The summed E-state index contributed by atoms with van der Waals surface area (Å²) in [6.07, 6.45) is 0. The van der Waals surface area contributed by atoms with Gasteiger partial charge < -0.3 is 0 Å². The molecule has 2 aromatic rings. The van der Waals surface area contributed by atoms with Crippen LogP contribution in [0.3, 0.4) is 0 Å². The maximum atomic E-state index is 2.24. The first-order valence-corrected chi connectivity index (χ1v) is 5.43. The summed E-state index contributed by atoms with van der Waals surface area (Å²) in [5, 5.41) is 0. The summed E-state index contributed by atoms with van der Waals surface area (Å²) in [6.45, 7) is 5.05. The summed E-state index contributed by atoms with van der Waals surface area (Å²) in [5.41, 5.74) is 4.08. The highest BCUT2D eigenvalue weighted by Gasteiger charge is 2.08. The van der Waals surface area contributed by atoms with Gasteiger partial charge >= 0.3 is 0 Å². The molecule has 0 bridgehead atoms. The zero-order valence-electron chi connectivity index (χ0n) is 9.27. The first kappa shape index (κ1) is 10.0. The molecule has 1 heteroatoms. The second kappa shape index (κ2) is 4.35. The van der Waals surface area contributed by atoms with E-state index in [0.717, 1.165) is 0 Å². The van der Waals surface area contributed by atoms with Crippen molar-refractivity contribution in [1.82, 2.24) is 0 Å². The van der Waals surface area contributed by atoms with Crippen molar-refractivity contribution in [3.05, 3.63) is 54.6 Å². The molecule has 0 saturated carbocycles. The van der Waals surface area contributed by atoms with Crippen LogP contribution in [0.25, 0.3) is 11.1 Å². The van der Waals surface area contributed by atoms with Gasteiger partial charge in [0.05, 0.1) is 0 Å². The van der Waals surface area contributed by atoms with E-state index in [9.17, 15) is 0 Å². The summed E-state index contributed by atoms with van der Waals surface area (Å²) in [4.78, 5) is 0. The van der Waals surface area contributed by atoms with Crippen LogP contribution in [0, 0.1) is 0 Å². The highest BCUT2D eigenvalue weighted by molar-refractivity contribution is 6.72. The van der Waals surface area contributed by atoms with Crippen molar-refractivity contribution in [3.63, 3.8) is 0 Å². The molecule has 0 aliphatic heterocycles. The molecule has 74 valence electrons. The molecule has 0 nitrogen and oxygen atoms in total. The van der Waals surface area contributed by atoms with Crippen molar-refractivity contribution in [2.24, 2.45) is 0 Å². The second-order valence-corrected chi connectivity index (χ2v) is 4.11. The maximum absolute atomic E-state index is 2.24. The molecule has 0 radical (unpaired) electrons. The van der Waals surface area contributed by atoms with Gasteiger partial charge in [-0.15, -0.1) is 0 Å². The predicted octanol–water partition coefficient (Wildman–Crippen LogP) is 3.32. The molecule has 0 spiro atoms. The molecule has 0 aliphatic carbocycles. The summed E-state index contributed by atoms with van der Waals surface area (Å²) in [7, 11) is 0. The van der Waals surface area contributed by atoms with E-state index in [0.29, 0.717) is 6.71 Å². The van der Waals surface area contributed by atoms with Gasteiger partial charge in [-0.25, -0.2) is 0 Å². The normalized spacial score (nSPS) is 10.0. The lowest BCUT2D eigenvalue weighted by atomic mass is 9.48.